The summed E-state index contributed by atoms with van der Waals surface area (Å²) in [5.41, 5.74) is 3.36. The van der Waals surface area contributed by atoms with E-state index in [-0.39, 0.29) is 37.2 Å². The highest BCUT2D eigenvalue weighted by Gasteiger charge is 2.26. The lowest BCUT2D eigenvalue weighted by Crippen LogP contribution is -2.48. The van der Waals surface area contributed by atoms with E-state index in [9.17, 15) is 18.0 Å². The number of nitrogens with one attached hydrogen (secondary N) is 1. The zero-order valence-corrected chi connectivity index (χ0v) is 23.6. The number of amides is 2. The summed E-state index contributed by atoms with van der Waals surface area (Å²) in [6.07, 6.45) is 1.59. The normalized spacial score (nSPS) is 12.3. The van der Waals surface area contributed by atoms with E-state index in [2.05, 4.69) is 5.32 Å². The standard InChI is InChI=1S/C27H38ClN3O4S/c1-19(2)17-29-27(33)22(5)30(18-23-9-11-24(28)12-10-23)26(32)8-7-13-31(36(6,34)35)25-15-20(3)14-21(4)16-25/h9-12,14-16,19,22H,7-8,13,17-18H2,1-6H3,(H,29,33)/t22-/m0/s1. The first-order chi connectivity index (χ1) is 16.8. The van der Waals surface area contributed by atoms with E-state index in [0.29, 0.717) is 23.7 Å². The number of sulfonamides is 1. The number of hydrogen-bond acceptors (Lipinski definition) is 4. The highest BCUT2D eigenvalue weighted by molar-refractivity contribution is 7.92. The van der Waals surface area contributed by atoms with Crippen LogP contribution < -0.4 is 9.62 Å². The van der Waals surface area contributed by atoms with Crippen molar-refractivity contribution in [2.24, 2.45) is 5.92 Å². The smallest absolute Gasteiger partial charge is 0.242 e. The van der Waals surface area contributed by atoms with Gasteiger partial charge in [0.05, 0.1) is 11.9 Å². The van der Waals surface area contributed by atoms with Crippen molar-refractivity contribution in [3.63, 3.8) is 0 Å². The molecule has 1 N–H and O–H groups in total. The number of rotatable bonds is 12. The molecule has 2 aromatic rings. The van der Waals surface area contributed by atoms with E-state index in [0.717, 1.165) is 16.7 Å². The minimum atomic E-state index is -3.54. The second kappa shape index (κ2) is 13.1. The molecule has 0 saturated heterocycles. The molecule has 0 bridgehead atoms. The van der Waals surface area contributed by atoms with Crippen LogP contribution in [0.2, 0.25) is 5.02 Å². The second-order valence-corrected chi connectivity index (χ2v) is 12.1. The third kappa shape index (κ3) is 9.13. The summed E-state index contributed by atoms with van der Waals surface area (Å²) in [6, 6.07) is 12.1. The van der Waals surface area contributed by atoms with Crippen molar-refractivity contribution in [2.45, 2.75) is 60.0 Å². The molecule has 0 aliphatic rings. The third-order valence-corrected chi connectivity index (χ3v) is 7.21. The third-order valence-electron chi connectivity index (χ3n) is 5.76. The summed E-state index contributed by atoms with van der Waals surface area (Å²) in [7, 11) is -3.54. The molecule has 0 unspecified atom stereocenters. The second-order valence-electron chi connectivity index (χ2n) is 9.75. The first-order valence-electron chi connectivity index (χ1n) is 12.2. The summed E-state index contributed by atoms with van der Waals surface area (Å²) in [4.78, 5) is 27.7. The van der Waals surface area contributed by atoms with E-state index in [1.165, 1.54) is 10.6 Å². The van der Waals surface area contributed by atoms with Gasteiger partial charge in [-0.1, -0.05) is 43.6 Å². The monoisotopic (exact) mass is 535 g/mol. The highest BCUT2D eigenvalue weighted by atomic mass is 35.5. The largest absolute Gasteiger partial charge is 0.354 e. The van der Waals surface area contributed by atoms with Crippen LogP contribution in [-0.2, 0) is 26.2 Å². The van der Waals surface area contributed by atoms with Crippen LogP contribution in [0, 0.1) is 19.8 Å². The Hall–Kier alpha value is -2.58. The van der Waals surface area contributed by atoms with Gasteiger partial charge in [-0.05, 0) is 74.1 Å². The van der Waals surface area contributed by atoms with Gasteiger partial charge in [-0.15, -0.1) is 0 Å². The summed E-state index contributed by atoms with van der Waals surface area (Å²) >= 11 is 6.00. The molecule has 7 nitrogen and oxygen atoms in total. The summed E-state index contributed by atoms with van der Waals surface area (Å²) in [5, 5.41) is 3.49. The fourth-order valence-corrected chi connectivity index (χ4v) is 5.00. The Morgan fingerprint density at radius 2 is 1.58 bits per heavy atom. The van der Waals surface area contributed by atoms with Crippen LogP contribution in [-0.4, -0.2) is 50.5 Å². The number of carbonyl (C=O) groups excluding carboxylic acids is 2. The summed E-state index contributed by atoms with van der Waals surface area (Å²) < 4.78 is 26.4. The van der Waals surface area contributed by atoms with Crippen LogP contribution in [0.3, 0.4) is 0 Å². The summed E-state index contributed by atoms with van der Waals surface area (Å²) in [5.74, 6) is -0.154. The molecule has 2 aromatic carbocycles. The molecule has 198 valence electrons. The average Bonchev–Trinajstić information content (AvgIpc) is 2.77. The van der Waals surface area contributed by atoms with Gasteiger partial charge >= 0.3 is 0 Å². The van der Waals surface area contributed by atoms with Gasteiger partial charge in [0.15, 0.2) is 0 Å². The molecule has 9 heteroatoms. The molecule has 1 atom stereocenters. The van der Waals surface area contributed by atoms with Crippen LogP contribution in [0.4, 0.5) is 5.69 Å². The Morgan fingerprint density at radius 1 is 1.00 bits per heavy atom. The van der Waals surface area contributed by atoms with Gasteiger partial charge < -0.3 is 10.2 Å². The molecule has 0 saturated carbocycles. The summed E-state index contributed by atoms with van der Waals surface area (Å²) in [6.45, 7) is 10.5. The van der Waals surface area contributed by atoms with E-state index in [1.807, 2.05) is 58.0 Å². The number of nitrogens with zero attached hydrogens (tertiary/aromatic N) is 2. The number of aryl methyl sites for hydroxylation is 2. The number of hydrogen-bond donors (Lipinski definition) is 1. The molecule has 0 spiro atoms. The van der Waals surface area contributed by atoms with Crippen molar-refractivity contribution in [1.29, 1.82) is 0 Å². The van der Waals surface area contributed by atoms with Gasteiger partial charge in [0.1, 0.15) is 6.04 Å². The molecule has 0 heterocycles. The maximum Gasteiger partial charge on any atom is 0.242 e. The van der Waals surface area contributed by atoms with Crippen molar-refractivity contribution in [2.75, 3.05) is 23.7 Å². The number of carbonyl (C=O) groups is 2. The Morgan fingerprint density at radius 3 is 2.11 bits per heavy atom. The Balaban J connectivity index is 2.18. The molecular formula is C27H38ClN3O4S. The van der Waals surface area contributed by atoms with E-state index in [4.69, 9.17) is 11.6 Å². The SMILES string of the molecule is Cc1cc(C)cc(N(CCCC(=O)N(Cc2ccc(Cl)cc2)[C@@H](C)C(=O)NCC(C)C)S(C)(=O)=O)c1. The molecule has 0 aliphatic heterocycles. The zero-order valence-electron chi connectivity index (χ0n) is 22.0. The van der Waals surface area contributed by atoms with Gasteiger partial charge in [-0.3, -0.25) is 13.9 Å². The number of benzene rings is 2. The van der Waals surface area contributed by atoms with Crippen molar-refractivity contribution in [3.05, 3.63) is 64.2 Å². The van der Waals surface area contributed by atoms with Gasteiger partial charge in [0.25, 0.3) is 0 Å². The molecule has 0 aliphatic carbocycles. The molecular weight excluding hydrogens is 498 g/mol. The average molecular weight is 536 g/mol. The fourth-order valence-electron chi connectivity index (χ4n) is 3.92. The molecule has 0 fully saturated rings. The van der Waals surface area contributed by atoms with Gasteiger partial charge in [-0.2, -0.15) is 0 Å². The van der Waals surface area contributed by atoms with Crippen LogP contribution in [0.25, 0.3) is 0 Å². The number of halogens is 1. The van der Waals surface area contributed by atoms with Crippen LogP contribution >= 0.6 is 11.6 Å². The van der Waals surface area contributed by atoms with Crippen molar-refractivity contribution in [1.82, 2.24) is 10.2 Å². The quantitative estimate of drug-likeness (QED) is 0.427. The lowest BCUT2D eigenvalue weighted by Gasteiger charge is -2.29. The topological polar surface area (TPSA) is 86.8 Å². The molecule has 0 radical (unpaired) electrons. The Kier molecular flexibility index (Phi) is 10.8. The van der Waals surface area contributed by atoms with Gasteiger partial charge in [-0.25, -0.2) is 8.42 Å². The Bertz CT molecular complexity index is 1130. The fraction of sp³-hybridized carbons (Fsp3) is 0.481. The van der Waals surface area contributed by atoms with E-state index in [1.54, 1.807) is 24.0 Å². The van der Waals surface area contributed by atoms with Gasteiger partial charge in [0, 0.05) is 31.1 Å². The maximum absolute atomic E-state index is 13.3. The van der Waals surface area contributed by atoms with Crippen LogP contribution in [0.1, 0.15) is 50.3 Å². The first kappa shape index (κ1) is 29.6. The molecule has 2 amide bonds. The highest BCUT2D eigenvalue weighted by Crippen LogP contribution is 2.22. The lowest BCUT2D eigenvalue weighted by molar-refractivity contribution is -0.140. The zero-order chi connectivity index (χ0) is 27.0. The number of anilines is 1. The van der Waals surface area contributed by atoms with Crippen LogP contribution in [0.5, 0.6) is 0 Å². The molecule has 0 aromatic heterocycles. The van der Waals surface area contributed by atoms with E-state index < -0.39 is 16.1 Å². The maximum atomic E-state index is 13.3. The minimum Gasteiger partial charge on any atom is -0.354 e. The molecule has 36 heavy (non-hydrogen) atoms. The first-order valence-corrected chi connectivity index (χ1v) is 14.4. The van der Waals surface area contributed by atoms with Gasteiger partial charge in [0.2, 0.25) is 21.8 Å². The lowest BCUT2D eigenvalue weighted by atomic mass is 10.1. The predicted octanol–water partition coefficient (Wildman–Crippen LogP) is 4.69. The molecule has 2 rings (SSSR count). The van der Waals surface area contributed by atoms with Crippen molar-refractivity contribution in [3.8, 4) is 0 Å². The van der Waals surface area contributed by atoms with Crippen molar-refractivity contribution >= 4 is 39.1 Å². The van der Waals surface area contributed by atoms with E-state index >= 15 is 0 Å². The van der Waals surface area contributed by atoms with Crippen molar-refractivity contribution < 1.29 is 18.0 Å². The van der Waals surface area contributed by atoms with Crippen LogP contribution in [0.15, 0.2) is 42.5 Å². The Labute approximate surface area is 220 Å². The minimum absolute atomic E-state index is 0.103. The predicted molar refractivity (Wildman–Crippen MR) is 147 cm³/mol.